The second-order valence-electron chi connectivity index (χ2n) is 4.67. The molecule has 0 aliphatic heterocycles. The highest BCUT2D eigenvalue weighted by Gasteiger charge is 2.32. The van der Waals surface area contributed by atoms with E-state index in [4.69, 9.17) is 9.84 Å². The van der Waals surface area contributed by atoms with Crippen molar-refractivity contribution in [2.45, 2.75) is 32.4 Å². The number of carboxylic acids is 1. The Hall–Kier alpha value is -1.88. The minimum Gasteiger partial charge on any atom is -0.480 e. The molecule has 1 aromatic carbocycles. The Morgan fingerprint density at radius 3 is 2.37 bits per heavy atom. The van der Waals surface area contributed by atoms with Crippen molar-refractivity contribution in [3.63, 3.8) is 0 Å². The van der Waals surface area contributed by atoms with Crippen molar-refractivity contribution in [1.29, 1.82) is 0 Å². The highest BCUT2D eigenvalue weighted by molar-refractivity contribution is 5.89. The molecule has 0 saturated heterocycles. The molecule has 1 aromatic rings. The summed E-state index contributed by atoms with van der Waals surface area (Å²) in [6, 6.07) is 8.99. The predicted octanol–water partition coefficient (Wildman–Crippen LogP) is 1.74. The van der Waals surface area contributed by atoms with Crippen LogP contribution in [0.3, 0.4) is 0 Å². The van der Waals surface area contributed by atoms with Gasteiger partial charge in [0.05, 0.1) is 0 Å². The van der Waals surface area contributed by atoms with Crippen LogP contribution in [0.25, 0.3) is 0 Å². The van der Waals surface area contributed by atoms with Gasteiger partial charge in [-0.1, -0.05) is 30.3 Å². The largest absolute Gasteiger partial charge is 0.480 e. The maximum atomic E-state index is 12.2. The van der Waals surface area contributed by atoms with Crippen molar-refractivity contribution in [3.05, 3.63) is 35.9 Å². The molecule has 19 heavy (non-hydrogen) atoms. The van der Waals surface area contributed by atoms with E-state index in [-0.39, 0.29) is 0 Å². The molecule has 0 bridgehead atoms. The second kappa shape index (κ2) is 6.33. The van der Waals surface area contributed by atoms with Gasteiger partial charge in [-0.3, -0.25) is 4.79 Å². The molecule has 0 aromatic heterocycles. The van der Waals surface area contributed by atoms with Gasteiger partial charge in [0.15, 0.2) is 6.10 Å². The lowest BCUT2D eigenvalue weighted by molar-refractivity contribution is -0.148. The van der Waals surface area contributed by atoms with Crippen LogP contribution in [-0.2, 0) is 14.3 Å². The first-order valence-electron chi connectivity index (χ1n) is 6.10. The Morgan fingerprint density at radius 1 is 1.32 bits per heavy atom. The van der Waals surface area contributed by atoms with Crippen molar-refractivity contribution in [3.8, 4) is 0 Å². The summed E-state index contributed by atoms with van der Waals surface area (Å²) in [6.45, 7) is 5.01. The Balaban J connectivity index is 2.89. The lowest BCUT2D eigenvalue weighted by Crippen LogP contribution is -2.51. The Bertz CT molecular complexity index is 442. The molecule has 1 rings (SSSR count). The molecule has 2 N–H and O–H groups in total. The van der Waals surface area contributed by atoms with Gasteiger partial charge < -0.3 is 15.2 Å². The fraction of sp³-hybridized carbons (Fsp3) is 0.429. The highest BCUT2D eigenvalue weighted by Crippen LogP contribution is 2.18. The summed E-state index contributed by atoms with van der Waals surface area (Å²) in [7, 11) is 0. The van der Waals surface area contributed by atoms with Crippen LogP contribution in [0.5, 0.6) is 0 Å². The summed E-state index contributed by atoms with van der Waals surface area (Å²) in [6.07, 6.45) is -0.801. The zero-order valence-corrected chi connectivity index (χ0v) is 11.3. The SMILES string of the molecule is CCOC(C(=O)NC(C)(C)C(=O)O)c1ccccc1. The number of carbonyl (C=O) groups excluding carboxylic acids is 1. The first-order chi connectivity index (χ1) is 8.88. The molecule has 0 fully saturated rings. The Morgan fingerprint density at radius 2 is 1.89 bits per heavy atom. The van der Waals surface area contributed by atoms with Crippen LogP contribution in [-0.4, -0.2) is 29.1 Å². The normalized spacial score (nSPS) is 12.8. The fourth-order valence-electron chi connectivity index (χ4n) is 1.54. The average Bonchev–Trinajstić information content (AvgIpc) is 2.36. The predicted molar refractivity (Wildman–Crippen MR) is 70.7 cm³/mol. The van der Waals surface area contributed by atoms with Crippen molar-refractivity contribution in [2.75, 3.05) is 6.61 Å². The number of nitrogens with one attached hydrogen (secondary N) is 1. The van der Waals surface area contributed by atoms with E-state index >= 15 is 0 Å². The van der Waals surface area contributed by atoms with E-state index in [0.717, 1.165) is 0 Å². The zero-order valence-electron chi connectivity index (χ0n) is 11.3. The minimum absolute atomic E-state index is 0.362. The average molecular weight is 265 g/mol. The van der Waals surface area contributed by atoms with Crippen LogP contribution in [0.15, 0.2) is 30.3 Å². The quantitative estimate of drug-likeness (QED) is 0.821. The number of amides is 1. The molecule has 0 aliphatic rings. The first kappa shape index (κ1) is 15.2. The van der Waals surface area contributed by atoms with Gasteiger partial charge >= 0.3 is 5.97 Å². The number of carboxylic acid groups (broad SMARTS) is 1. The van der Waals surface area contributed by atoms with Crippen molar-refractivity contribution >= 4 is 11.9 Å². The number of rotatable bonds is 6. The third kappa shape index (κ3) is 4.06. The number of ether oxygens (including phenoxy) is 1. The van der Waals surface area contributed by atoms with E-state index in [9.17, 15) is 9.59 Å². The molecular weight excluding hydrogens is 246 g/mol. The topological polar surface area (TPSA) is 75.6 Å². The third-order valence-corrected chi connectivity index (χ3v) is 2.64. The molecule has 5 heteroatoms. The van der Waals surface area contributed by atoms with Crippen LogP contribution in [0.1, 0.15) is 32.4 Å². The second-order valence-corrected chi connectivity index (χ2v) is 4.67. The third-order valence-electron chi connectivity index (χ3n) is 2.64. The van der Waals surface area contributed by atoms with Gasteiger partial charge in [0.2, 0.25) is 0 Å². The standard InChI is InChI=1S/C14H19NO4/c1-4-19-11(10-8-6-5-7-9-10)12(16)15-14(2,3)13(17)18/h5-9,11H,4H2,1-3H3,(H,15,16)(H,17,18). The van der Waals surface area contributed by atoms with Gasteiger partial charge in [-0.05, 0) is 26.3 Å². The summed E-state index contributed by atoms with van der Waals surface area (Å²) < 4.78 is 5.41. The molecular formula is C14H19NO4. The van der Waals surface area contributed by atoms with Crippen LogP contribution < -0.4 is 5.32 Å². The van der Waals surface area contributed by atoms with Gasteiger partial charge in [0.25, 0.3) is 5.91 Å². The first-order valence-corrected chi connectivity index (χ1v) is 6.10. The number of aliphatic carboxylic acids is 1. The van der Waals surface area contributed by atoms with Gasteiger partial charge in [0, 0.05) is 6.61 Å². The molecule has 1 unspecified atom stereocenters. The Labute approximate surface area is 112 Å². The fourth-order valence-corrected chi connectivity index (χ4v) is 1.54. The van der Waals surface area contributed by atoms with E-state index in [2.05, 4.69) is 5.32 Å². The molecule has 5 nitrogen and oxygen atoms in total. The molecule has 104 valence electrons. The van der Waals surface area contributed by atoms with Crippen molar-refractivity contribution in [1.82, 2.24) is 5.32 Å². The van der Waals surface area contributed by atoms with Crippen LogP contribution in [0.4, 0.5) is 0 Å². The number of hydrogen-bond acceptors (Lipinski definition) is 3. The van der Waals surface area contributed by atoms with E-state index in [1.807, 2.05) is 6.07 Å². The summed E-state index contributed by atoms with van der Waals surface area (Å²) in [5.74, 6) is -1.55. The molecule has 1 atom stereocenters. The van der Waals surface area contributed by atoms with Gasteiger partial charge in [0.1, 0.15) is 5.54 Å². The van der Waals surface area contributed by atoms with E-state index < -0.39 is 23.5 Å². The molecule has 0 saturated carbocycles. The molecule has 0 radical (unpaired) electrons. The monoisotopic (exact) mass is 265 g/mol. The lowest BCUT2D eigenvalue weighted by Gasteiger charge is -2.25. The maximum Gasteiger partial charge on any atom is 0.328 e. The Kier molecular flexibility index (Phi) is 5.06. The van der Waals surface area contributed by atoms with Crippen LogP contribution >= 0.6 is 0 Å². The van der Waals surface area contributed by atoms with E-state index in [1.54, 1.807) is 31.2 Å². The van der Waals surface area contributed by atoms with Gasteiger partial charge in [-0.2, -0.15) is 0 Å². The maximum absolute atomic E-state index is 12.2. The molecule has 1 amide bonds. The van der Waals surface area contributed by atoms with Gasteiger partial charge in [-0.15, -0.1) is 0 Å². The number of carbonyl (C=O) groups is 2. The van der Waals surface area contributed by atoms with Crippen molar-refractivity contribution in [2.24, 2.45) is 0 Å². The number of hydrogen-bond donors (Lipinski definition) is 2. The summed E-state index contributed by atoms with van der Waals surface area (Å²) in [4.78, 5) is 23.2. The van der Waals surface area contributed by atoms with E-state index in [1.165, 1.54) is 13.8 Å². The zero-order chi connectivity index (χ0) is 14.5. The summed E-state index contributed by atoms with van der Waals surface area (Å²) in [5.41, 5.74) is -0.635. The lowest BCUT2D eigenvalue weighted by atomic mass is 10.0. The highest BCUT2D eigenvalue weighted by atomic mass is 16.5. The van der Waals surface area contributed by atoms with Crippen molar-refractivity contribution < 1.29 is 19.4 Å². The van der Waals surface area contributed by atoms with E-state index in [0.29, 0.717) is 12.2 Å². The summed E-state index contributed by atoms with van der Waals surface area (Å²) in [5, 5.41) is 11.5. The molecule has 0 aliphatic carbocycles. The smallest absolute Gasteiger partial charge is 0.328 e. The number of benzene rings is 1. The van der Waals surface area contributed by atoms with Crippen LogP contribution in [0, 0.1) is 0 Å². The molecule has 0 spiro atoms. The molecule has 0 heterocycles. The minimum atomic E-state index is -1.33. The summed E-state index contributed by atoms with van der Waals surface area (Å²) >= 11 is 0. The van der Waals surface area contributed by atoms with Gasteiger partial charge in [-0.25, -0.2) is 4.79 Å². The van der Waals surface area contributed by atoms with Crippen LogP contribution in [0.2, 0.25) is 0 Å².